The van der Waals surface area contributed by atoms with Crippen LogP contribution in [0.1, 0.15) is 15.9 Å². The van der Waals surface area contributed by atoms with E-state index in [0.717, 1.165) is 5.56 Å². The Morgan fingerprint density at radius 2 is 1.89 bits per heavy atom. The molecule has 0 aliphatic heterocycles. The van der Waals surface area contributed by atoms with E-state index in [9.17, 15) is 18.0 Å². The summed E-state index contributed by atoms with van der Waals surface area (Å²) in [5.74, 6) is -0.738. The van der Waals surface area contributed by atoms with Crippen LogP contribution in [-0.4, -0.2) is 30.2 Å². The number of benzene rings is 1. The Kier molecular flexibility index (Phi) is 5.11. The Labute approximate surface area is 108 Å². The van der Waals surface area contributed by atoms with Crippen LogP contribution in [0.25, 0.3) is 0 Å². The van der Waals surface area contributed by atoms with E-state index < -0.39 is 24.3 Å². The number of ketones is 1. The van der Waals surface area contributed by atoms with Crippen molar-refractivity contribution in [2.45, 2.75) is 13.1 Å². The number of carbonyl (C=O) groups is 1. The van der Waals surface area contributed by atoms with Gasteiger partial charge in [-0.2, -0.15) is 13.2 Å². The highest BCUT2D eigenvalue weighted by Gasteiger charge is 2.34. The Hall–Kier alpha value is -1.82. The van der Waals surface area contributed by atoms with E-state index in [1.165, 1.54) is 12.1 Å². The third-order valence-corrected chi connectivity index (χ3v) is 2.34. The number of hydrogen-bond donors (Lipinski definition) is 2. The van der Waals surface area contributed by atoms with Crippen molar-refractivity contribution in [2.24, 2.45) is 0 Å². The van der Waals surface area contributed by atoms with Gasteiger partial charge in [0.15, 0.2) is 5.78 Å². The molecule has 0 heterocycles. The molecule has 19 heavy (non-hydrogen) atoms. The first kappa shape index (κ1) is 15.2. The molecular formula is C13H14F3NO2. The quantitative estimate of drug-likeness (QED) is 0.638. The average Bonchev–Trinajstić information content (AvgIpc) is 2.33. The molecule has 0 bridgehead atoms. The molecule has 104 valence electrons. The van der Waals surface area contributed by atoms with E-state index in [2.05, 4.69) is 0 Å². The van der Waals surface area contributed by atoms with Crippen LogP contribution in [0.3, 0.4) is 0 Å². The predicted octanol–water partition coefficient (Wildman–Crippen LogP) is 2.21. The van der Waals surface area contributed by atoms with E-state index in [4.69, 9.17) is 5.11 Å². The number of hydrogen-bond acceptors (Lipinski definition) is 3. The molecular weight excluding hydrogens is 259 g/mol. The zero-order chi connectivity index (χ0) is 14.5. The van der Waals surface area contributed by atoms with Crippen LogP contribution in [0.5, 0.6) is 0 Å². The molecule has 1 aromatic carbocycles. The fourth-order valence-electron chi connectivity index (χ4n) is 1.36. The van der Waals surface area contributed by atoms with Gasteiger partial charge in [0.25, 0.3) is 0 Å². The predicted molar refractivity (Wildman–Crippen MR) is 64.7 cm³/mol. The maximum atomic E-state index is 12.6. The first-order valence-electron chi connectivity index (χ1n) is 5.59. The van der Waals surface area contributed by atoms with Crippen molar-refractivity contribution in [3.63, 3.8) is 0 Å². The minimum Gasteiger partial charge on any atom is -0.395 e. The lowest BCUT2D eigenvalue weighted by Crippen LogP contribution is -2.29. The second-order valence-corrected chi connectivity index (χ2v) is 3.94. The third kappa shape index (κ3) is 4.75. The summed E-state index contributed by atoms with van der Waals surface area (Å²) in [7, 11) is 0. The number of aliphatic hydroxyl groups is 1. The van der Waals surface area contributed by atoms with Gasteiger partial charge in [-0.3, -0.25) is 4.79 Å². The number of rotatable bonds is 5. The molecule has 0 saturated carbocycles. The van der Waals surface area contributed by atoms with Crippen molar-refractivity contribution in [1.29, 1.82) is 0 Å². The summed E-state index contributed by atoms with van der Waals surface area (Å²) in [4.78, 5) is 11.7. The van der Waals surface area contributed by atoms with E-state index in [-0.39, 0.29) is 12.1 Å². The summed E-state index contributed by atoms with van der Waals surface area (Å²) in [6.07, 6.45) is -4.16. The standard InChI is InChI=1S/C13H14F3NO2/c1-9-2-4-10(5-3-9)11(19)8-12(13(14,15)16)17-6-7-18/h2-5,8,17-18H,6-7H2,1H3. The van der Waals surface area contributed by atoms with Gasteiger partial charge in [-0.25, -0.2) is 0 Å². The molecule has 1 aromatic rings. The fraction of sp³-hybridized carbons (Fsp3) is 0.308. The lowest BCUT2D eigenvalue weighted by atomic mass is 10.1. The van der Waals surface area contributed by atoms with Crippen LogP contribution >= 0.6 is 0 Å². The number of aryl methyl sites for hydroxylation is 1. The molecule has 0 atom stereocenters. The molecule has 0 spiro atoms. The highest BCUT2D eigenvalue weighted by Crippen LogP contribution is 2.23. The van der Waals surface area contributed by atoms with Crippen molar-refractivity contribution in [3.05, 3.63) is 47.2 Å². The molecule has 0 unspecified atom stereocenters. The molecule has 0 radical (unpaired) electrons. The fourth-order valence-corrected chi connectivity index (χ4v) is 1.36. The van der Waals surface area contributed by atoms with Crippen LogP contribution in [0.4, 0.5) is 13.2 Å². The number of alkyl halides is 3. The van der Waals surface area contributed by atoms with Crippen LogP contribution in [0.15, 0.2) is 36.0 Å². The number of aliphatic hydroxyl groups excluding tert-OH is 1. The molecule has 0 aliphatic carbocycles. The maximum absolute atomic E-state index is 12.6. The van der Waals surface area contributed by atoms with Gasteiger partial charge in [0.05, 0.1) is 6.61 Å². The molecule has 0 fully saturated rings. The number of carbonyl (C=O) groups excluding carboxylic acids is 1. The lowest BCUT2D eigenvalue weighted by Gasteiger charge is -2.13. The molecule has 1 rings (SSSR count). The van der Waals surface area contributed by atoms with Gasteiger partial charge in [0.2, 0.25) is 0 Å². The minimum absolute atomic E-state index is 0.179. The van der Waals surface area contributed by atoms with Crippen LogP contribution < -0.4 is 5.32 Å². The molecule has 0 saturated heterocycles. The van der Waals surface area contributed by atoms with E-state index in [1.54, 1.807) is 12.1 Å². The number of allylic oxidation sites excluding steroid dienone is 2. The first-order chi connectivity index (χ1) is 8.84. The smallest absolute Gasteiger partial charge is 0.395 e. The summed E-state index contributed by atoms with van der Waals surface area (Å²) in [6.45, 7) is 1.09. The molecule has 6 heteroatoms. The number of halogens is 3. The van der Waals surface area contributed by atoms with Gasteiger partial charge >= 0.3 is 6.18 Å². The van der Waals surface area contributed by atoms with Crippen molar-refractivity contribution < 1.29 is 23.1 Å². The maximum Gasteiger partial charge on any atom is 0.431 e. The van der Waals surface area contributed by atoms with Gasteiger partial charge in [-0.15, -0.1) is 0 Å². The van der Waals surface area contributed by atoms with Gasteiger partial charge < -0.3 is 10.4 Å². The zero-order valence-corrected chi connectivity index (χ0v) is 10.3. The normalized spacial score (nSPS) is 12.4. The molecule has 0 amide bonds. The Bertz CT molecular complexity index is 464. The second-order valence-electron chi connectivity index (χ2n) is 3.94. The third-order valence-electron chi connectivity index (χ3n) is 2.34. The summed E-state index contributed by atoms with van der Waals surface area (Å²) < 4.78 is 37.9. The van der Waals surface area contributed by atoms with Crippen LogP contribution in [0, 0.1) is 6.92 Å². The lowest BCUT2D eigenvalue weighted by molar-refractivity contribution is -0.0969. The van der Waals surface area contributed by atoms with E-state index in [0.29, 0.717) is 6.08 Å². The van der Waals surface area contributed by atoms with E-state index in [1.807, 2.05) is 12.2 Å². The van der Waals surface area contributed by atoms with Crippen molar-refractivity contribution in [2.75, 3.05) is 13.2 Å². The van der Waals surface area contributed by atoms with Gasteiger partial charge in [0.1, 0.15) is 5.70 Å². The Balaban J connectivity index is 2.94. The SMILES string of the molecule is Cc1ccc(C(=O)C=C(NCCO)C(F)(F)F)cc1. The van der Waals surface area contributed by atoms with Crippen molar-refractivity contribution in [3.8, 4) is 0 Å². The first-order valence-corrected chi connectivity index (χ1v) is 5.59. The highest BCUT2D eigenvalue weighted by atomic mass is 19.4. The van der Waals surface area contributed by atoms with Gasteiger partial charge in [-0.05, 0) is 6.92 Å². The van der Waals surface area contributed by atoms with E-state index >= 15 is 0 Å². The summed E-state index contributed by atoms with van der Waals surface area (Å²) in [5, 5.41) is 10.5. The van der Waals surface area contributed by atoms with Gasteiger partial charge in [-0.1, -0.05) is 29.8 Å². The Morgan fingerprint density at radius 3 is 2.37 bits per heavy atom. The number of nitrogens with one attached hydrogen (secondary N) is 1. The minimum atomic E-state index is -4.66. The van der Waals surface area contributed by atoms with Gasteiger partial charge in [0, 0.05) is 18.2 Å². The second kappa shape index (κ2) is 6.38. The molecule has 3 nitrogen and oxygen atoms in total. The molecule has 0 aromatic heterocycles. The summed E-state index contributed by atoms with van der Waals surface area (Å²) >= 11 is 0. The highest BCUT2D eigenvalue weighted by molar-refractivity contribution is 6.04. The van der Waals surface area contributed by atoms with Crippen molar-refractivity contribution >= 4 is 5.78 Å². The van der Waals surface area contributed by atoms with Crippen LogP contribution in [0.2, 0.25) is 0 Å². The van der Waals surface area contributed by atoms with Crippen LogP contribution in [-0.2, 0) is 0 Å². The molecule has 2 N–H and O–H groups in total. The van der Waals surface area contributed by atoms with Crippen molar-refractivity contribution in [1.82, 2.24) is 5.32 Å². The topological polar surface area (TPSA) is 49.3 Å². The monoisotopic (exact) mass is 273 g/mol. The molecule has 0 aliphatic rings. The average molecular weight is 273 g/mol. The summed E-state index contributed by atoms with van der Waals surface area (Å²) in [5.41, 5.74) is -0.0692. The Morgan fingerprint density at radius 1 is 1.32 bits per heavy atom. The zero-order valence-electron chi connectivity index (χ0n) is 10.3. The summed E-state index contributed by atoms with van der Waals surface area (Å²) in [6, 6.07) is 6.23. The largest absolute Gasteiger partial charge is 0.431 e.